The van der Waals surface area contributed by atoms with Crippen molar-refractivity contribution in [3.05, 3.63) is 30.5 Å². The summed E-state index contributed by atoms with van der Waals surface area (Å²) in [5.41, 5.74) is 1.02. The average Bonchev–Trinajstić information content (AvgIpc) is 2.79. The van der Waals surface area contributed by atoms with E-state index < -0.39 is 0 Å². The van der Waals surface area contributed by atoms with Crippen LogP contribution in [-0.4, -0.2) is 34.0 Å². The van der Waals surface area contributed by atoms with Crippen LogP contribution in [0.15, 0.2) is 24.8 Å². The first kappa shape index (κ1) is 10.4. The molecule has 6 nitrogen and oxygen atoms in total. The maximum absolute atomic E-state index is 4.34. The van der Waals surface area contributed by atoms with E-state index in [2.05, 4.69) is 25.3 Å². The summed E-state index contributed by atoms with van der Waals surface area (Å²) in [6.07, 6.45) is 5.17. The highest BCUT2D eigenvalue weighted by Gasteiger charge is 2.00. The maximum Gasteiger partial charge on any atom is 0.226 e. The number of nitrogens with one attached hydrogen (secondary N) is 2. The summed E-state index contributed by atoms with van der Waals surface area (Å²) < 4.78 is 0. The van der Waals surface area contributed by atoms with Gasteiger partial charge in [-0.25, -0.2) is 9.97 Å². The van der Waals surface area contributed by atoms with Gasteiger partial charge >= 0.3 is 0 Å². The predicted octanol–water partition coefficient (Wildman–Crippen LogP) is 0.878. The number of anilines is 2. The standard InChI is InChI=1S/C10H14N6/c1-16(2)10-12-4-3-9(15-10)13-6-8-5-11-7-14-8/h3-5,7H,6H2,1-2H3,(H,11,14)(H,12,13,15). The van der Waals surface area contributed by atoms with Crippen LogP contribution in [-0.2, 0) is 6.54 Å². The lowest BCUT2D eigenvalue weighted by molar-refractivity contribution is 0.981. The summed E-state index contributed by atoms with van der Waals surface area (Å²) in [6.45, 7) is 0.671. The Balaban J connectivity index is 2.01. The van der Waals surface area contributed by atoms with Gasteiger partial charge in [-0.15, -0.1) is 0 Å². The number of H-pyrrole nitrogens is 1. The molecule has 0 amide bonds. The van der Waals surface area contributed by atoms with Crippen LogP contribution in [0.5, 0.6) is 0 Å². The van der Waals surface area contributed by atoms with E-state index in [1.165, 1.54) is 0 Å². The Bertz CT molecular complexity index is 436. The summed E-state index contributed by atoms with van der Waals surface area (Å²) in [5, 5.41) is 3.19. The van der Waals surface area contributed by atoms with Gasteiger partial charge in [0.15, 0.2) is 0 Å². The molecule has 0 radical (unpaired) electrons. The average molecular weight is 218 g/mol. The molecule has 6 heteroatoms. The van der Waals surface area contributed by atoms with Gasteiger partial charge < -0.3 is 15.2 Å². The van der Waals surface area contributed by atoms with Crippen LogP contribution in [0, 0.1) is 0 Å². The largest absolute Gasteiger partial charge is 0.364 e. The lowest BCUT2D eigenvalue weighted by atomic mass is 10.4. The van der Waals surface area contributed by atoms with Crippen molar-refractivity contribution in [1.82, 2.24) is 19.9 Å². The molecular weight excluding hydrogens is 204 g/mol. The van der Waals surface area contributed by atoms with E-state index in [9.17, 15) is 0 Å². The molecule has 16 heavy (non-hydrogen) atoms. The Morgan fingerprint density at radius 1 is 1.44 bits per heavy atom. The van der Waals surface area contributed by atoms with Crippen molar-refractivity contribution >= 4 is 11.8 Å². The van der Waals surface area contributed by atoms with Gasteiger partial charge in [0.2, 0.25) is 5.95 Å². The first-order chi connectivity index (χ1) is 7.75. The first-order valence-electron chi connectivity index (χ1n) is 4.97. The Labute approximate surface area is 93.8 Å². The lowest BCUT2D eigenvalue weighted by Crippen LogP contribution is -2.13. The highest BCUT2D eigenvalue weighted by molar-refractivity contribution is 5.40. The third-order valence-electron chi connectivity index (χ3n) is 2.06. The van der Waals surface area contributed by atoms with E-state index in [1.807, 2.05) is 25.1 Å². The number of imidazole rings is 1. The molecular formula is C10H14N6. The van der Waals surface area contributed by atoms with E-state index in [0.29, 0.717) is 12.5 Å². The highest BCUT2D eigenvalue weighted by atomic mass is 15.2. The van der Waals surface area contributed by atoms with Crippen LogP contribution in [0.2, 0.25) is 0 Å². The summed E-state index contributed by atoms with van der Waals surface area (Å²) >= 11 is 0. The van der Waals surface area contributed by atoms with Crippen LogP contribution in [0.1, 0.15) is 5.69 Å². The summed E-state index contributed by atoms with van der Waals surface area (Å²) in [5.74, 6) is 1.49. The Morgan fingerprint density at radius 3 is 3.00 bits per heavy atom. The molecule has 0 saturated carbocycles. The fourth-order valence-corrected chi connectivity index (χ4v) is 1.23. The first-order valence-corrected chi connectivity index (χ1v) is 4.97. The molecule has 84 valence electrons. The molecule has 0 aliphatic heterocycles. The van der Waals surface area contributed by atoms with E-state index in [4.69, 9.17) is 0 Å². The van der Waals surface area contributed by atoms with Gasteiger partial charge in [0, 0.05) is 26.5 Å². The number of rotatable bonds is 4. The van der Waals surface area contributed by atoms with E-state index >= 15 is 0 Å². The predicted molar refractivity (Wildman–Crippen MR) is 62.3 cm³/mol. The zero-order chi connectivity index (χ0) is 11.4. The summed E-state index contributed by atoms with van der Waals surface area (Å²) in [7, 11) is 3.82. The number of hydrogen-bond donors (Lipinski definition) is 2. The maximum atomic E-state index is 4.34. The van der Waals surface area contributed by atoms with Crippen molar-refractivity contribution in [2.75, 3.05) is 24.3 Å². The molecule has 0 atom stereocenters. The molecule has 0 saturated heterocycles. The molecule has 0 unspecified atom stereocenters. The molecule has 0 aliphatic rings. The molecule has 2 rings (SSSR count). The number of hydrogen-bond acceptors (Lipinski definition) is 5. The van der Waals surface area contributed by atoms with E-state index in [1.54, 1.807) is 18.7 Å². The molecule has 0 bridgehead atoms. The monoisotopic (exact) mass is 218 g/mol. The van der Waals surface area contributed by atoms with Gasteiger partial charge in [-0.1, -0.05) is 0 Å². The highest BCUT2D eigenvalue weighted by Crippen LogP contribution is 2.08. The Hall–Kier alpha value is -2.11. The fourth-order valence-electron chi connectivity index (χ4n) is 1.23. The van der Waals surface area contributed by atoms with E-state index in [0.717, 1.165) is 11.5 Å². The molecule has 0 spiro atoms. The van der Waals surface area contributed by atoms with Crippen molar-refractivity contribution in [2.45, 2.75) is 6.54 Å². The third-order valence-corrected chi connectivity index (χ3v) is 2.06. The molecule has 2 N–H and O–H groups in total. The van der Waals surface area contributed by atoms with Crippen LogP contribution < -0.4 is 10.2 Å². The van der Waals surface area contributed by atoms with Crippen molar-refractivity contribution < 1.29 is 0 Å². The SMILES string of the molecule is CN(C)c1nccc(NCc2cnc[nH]2)n1. The fraction of sp³-hybridized carbons (Fsp3) is 0.300. The zero-order valence-corrected chi connectivity index (χ0v) is 9.31. The zero-order valence-electron chi connectivity index (χ0n) is 9.31. The minimum absolute atomic E-state index is 0.671. The molecule has 0 fully saturated rings. The van der Waals surface area contributed by atoms with Gasteiger partial charge in [-0.3, -0.25) is 0 Å². The van der Waals surface area contributed by atoms with Gasteiger partial charge in [0.1, 0.15) is 5.82 Å². The smallest absolute Gasteiger partial charge is 0.226 e. The molecule has 2 aromatic heterocycles. The normalized spacial score (nSPS) is 10.1. The van der Waals surface area contributed by atoms with Crippen molar-refractivity contribution in [3.8, 4) is 0 Å². The van der Waals surface area contributed by atoms with Crippen molar-refractivity contribution in [1.29, 1.82) is 0 Å². The quantitative estimate of drug-likeness (QED) is 0.797. The van der Waals surface area contributed by atoms with Crippen LogP contribution in [0.3, 0.4) is 0 Å². The number of aromatic nitrogens is 4. The third kappa shape index (κ3) is 2.47. The van der Waals surface area contributed by atoms with Gasteiger partial charge in [0.25, 0.3) is 0 Å². The van der Waals surface area contributed by atoms with Crippen molar-refractivity contribution in [3.63, 3.8) is 0 Å². The molecule has 0 aromatic carbocycles. The number of aromatic amines is 1. The second kappa shape index (κ2) is 4.61. The summed E-state index contributed by atoms with van der Waals surface area (Å²) in [4.78, 5) is 17.3. The van der Waals surface area contributed by atoms with Crippen molar-refractivity contribution in [2.24, 2.45) is 0 Å². The minimum Gasteiger partial charge on any atom is -0.364 e. The van der Waals surface area contributed by atoms with Crippen LogP contribution in [0.25, 0.3) is 0 Å². The van der Waals surface area contributed by atoms with Crippen LogP contribution in [0.4, 0.5) is 11.8 Å². The summed E-state index contributed by atoms with van der Waals surface area (Å²) in [6, 6.07) is 1.84. The van der Waals surface area contributed by atoms with Gasteiger partial charge in [-0.05, 0) is 6.07 Å². The number of nitrogens with zero attached hydrogens (tertiary/aromatic N) is 4. The second-order valence-corrected chi connectivity index (χ2v) is 3.57. The van der Waals surface area contributed by atoms with E-state index in [-0.39, 0.29) is 0 Å². The Kier molecular flexibility index (Phi) is 3.00. The van der Waals surface area contributed by atoms with Gasteiger partial charge in [-0.2, -0.15) is 4.98 Å². The second-order valence-electron chi connectivity index (χ2n) is 3.57. The van der Waals surface area contributed by atoms with Gasteiger partial charge in [0.05, 0.1) is 18.6 Å². The minimum atomic E-state index is 0.671. The Morgan fingerprint density at radius 2 is 2.31 bits per heavy atom. The molecule has 0 aliphatic carbocycles. The molecule has 2 heterocycles. The molecule has 2 aromatic rings. The van der Waals surface area contributed by atoms with Crippen LogP contribution >= 0.6 is 0 Å². The lowest BCUT2D eigenvalue weighted by Gasteiger charge is -2.11. The topological polar surface area (TPSA) is 69.7 Å².